The minimum absolute atomic E-state index is 0.146. The second-order valence-electron chi connectivity index (χ2n) is 3.68. The third-order valence-electron chi connectivity index (χ3n) is 2.56. The molecule has 1 saturated heterocycles. The average Bonchev–Trinajstić information content (AvgIpc) is 2.61. The lowest BCUT2D eigenvalue weighted by Crippen LogP contribution is -2.46. The number of rotatable bonds is 4. The molecule has 1 aromatic rings. The molecule has 2 heterocycles. The van der Waals surface area contributed by atoms with Crippen molar-refractivity contribution in [1.29, 1.82) is 0 Å². The van der Waals surface area contributed by atoms with E-state index >= 15 is 0 Å². The minimum Gasteiger partial charge on any atom is -0.364 e. The third-order valence-corrected chi connectivity index (χ3v) is 2.56. The van der Waals surface area contributed by atoms with Gasteiger partial charge in [-0.1, -0.05) is 0 Å². The molecule has 1 aliphatic heterocycles. The molecule has 0 bridgehead atoms. The number of hydrogen-bond donors (Lipinski definition) is 1. The van der Waals surface area contributed by atoms with Crippen molar-refractivity contribution in [2.45, 2.75) is 6.04 Å². The van der Waals surface area contributed by atoms with Gasteiger partial charge in [-0.3, -0.25) is 24.4 Å². The highest BCUT2D eigenvalue weighted by molar-refractivity contribution is 5.94. The van der Waals surface area contributed by atoms with Crippen molar-refractivity contribution in [3.05, 3.63) is 22.0 Å². The van der Waals surface area contributed by atoms with Gasteiger partial charge in [-0.25, -0.2) is 0 Å². The summed E-state index contributed by atoms with van der Waals surface area (Å²) in [4.78, 5) is 32.8. The fourth-order valence-electron chi connectivity index (χ4n) is 1.62. The van der Waals surface area contributed by atoms with Crippen LogP contribution in [-0.2, 0) is 4.79 Å². The summed E-state index contributed by atoms with van der Waals surface area (Å²) in [5.41, 5.74) is 4.22. The van der Waals surface area contributed by atoms with Crippen molar-refractivity contribution in [1.82, 2.24) is 14.7 Å². The van der Waals surface area contributed by atoms with E-state index in [0.29, 0.717) is 19.5 Å². The van der Waals surface area contributed by atoms with Crippen molar-refractivity contribution in [2.24, 2.45) is 5.73 Å². The monoisotopic (exact) mass is 239 g/mol. The van der Waals surface area contributed by atoms with E-state index in [0.717, 1.165) is 6.20 Å². The van der Waals surface area contributed by atoms with E-state index in [4.69, 9.17) is 5.73 Å². The van der Waals surface area contributed by atoms with E-state index in [-0.39, 0.29) is 11.7 Å². The van der Waals surface area contributed by atoms with Gasteiger partial charge < -0.3 is 10.6 Å². The van der Waals surface area contributed by atoms with Crippen LogP contribution in [0.3, 0.4) is 0 Å². The Bertz CT molecular complexity index is 459. The number of hydrogen-bond acceptors (Lipinski definition) is 5. The highest BCUT2D eigenvalue weighted by Crippen LogP contribution is 2.23. The molecule has 1 fully saturated rings. The SMILES string of the molecule is NC(=O)c1nn(C2CN(C=O)C2)cc1[N+](=O)[O-]. The molecule has 1 aliphatic rings. The highest BCUT2D eigenvalue weighted by atomic mass is 16.6. The van der Waals surface area contributed by atoms with E-state index in [2.05, 4.69) is 5.10 Å². The van der Waals surface area contributed by atoms with Crippen LogP contribution >= 0.6 is 0 Å². The zero-order valence-corrected chi connectivity index (χ0v) is 8.65. The quantitative estimate of drug-likeness (QED) is 0.405. The van der Waals surface area contributed by atoms with Crippen LogP contribution in [0.4, 0.5) is 5.69 Å². The van der Waals surface area contributed by atoms with Crippen LogP contribution in [0, 0.1) is 10.1 Å². The molecule has 2 rings (SSSR count). The van der Waals surface area contributed by atoms with Crippen LogP contribution < -0.4 is 5.73 Å². The number of likely N-dealkylation sites (tertiary alicyclic amines) is 1. The lowest BCUT2D eigenvalue weighted by molar-refractivity contribution is -0.385. The zero-order valence-electron chi connectivity index (χ0n) is 8.65. The summed E-state index contributed by atoms with van der Waals surface area (Å²) in [6, 6.07) is -0.146. The molecule has 2 N–H and O–H groups in total. The van der Waals surface area contributed by atoms with E-state index in [9.17, 15) is 19.7 Å². The predicted molar refractivity (Wildman–Crippen MR) is 54.1 cm³/mol. The van der Waals surface area contributed by atoms with Crippen LogP contribution in [0.25, 0.3) is 0 Å². The lowest BCUT2D eigenvalue weighted by Gasteiger charge is -2.35. The predicted octanol–water partition coefficient (Wildman–Crippen LogP) is -1.10. The number of carbonyl (C=O) groups excluding carboxylic acids is 2. The van der Waals surface area contributed by atoms with Gasteiger partial charge in [-0.15, -0.1) is 0 Å². The summed E-state index contributed by atoms with van der Waals surface area (Å²) >= 11 is 0. The molecule has 0 aliphatic carbocycles. The molecular formula is C8H9N5O4. The molecule has 9 nitrogen and oxygen atoms in total. The molecule has 0 aromatic carbocycles. The van der Waals surface area contributed by atoms with Gasteiger partial charge in [-0.2, -0.15) is 5.10 Å². The number of amides is 2. The Kier molecular flexibility index (Phi) is 2.50. The van der Waals surface area contributed by atoms with Gasteiger partial charge in [0.2, 0.25) is 12.1 Å². The van der Waals surface area contributed by atoms with Crippen LogP contribution in [-0.4, -0.2) is 45.0 Å². The molecule has 0 spiro atoms. The van der Waals surface area contributed by atoms with Crippen molar-refractivity contribution >= 4 is 18.0 Å². The molecule has 90 valence electrons. The van der Waals surface area contributed by atoms with Gasteiger partial charge in [0.25, 0.3) is 5.91 Å². The summed E-state index contributed by atoms with van der Waals surface area (Å²) in [7, 11) is 0. The smallest absolute Gasteiger partial charge is 0.320 e. The van der Waals surface area contributed by atoms with Crippen molar-refractivity contribution in [3.63, 3.8) is 0 Å². The fraction of sp³-hybridized carbons (Fsp3) is 0.375. The second kappa shape index (κ2) is 3.85. The number of primary amides is 1. The summed E-state index contributed by atoms with van der Waals surface area (Å²) < 4.78 is 1.30. The molecule has 1 aromatic heterocycles. The van der Waals surface area contributed by atoms with E-state index in [1.807, 2.05) is 0 Å². The summed E-state index contributed by atoms with van der Waals surface area (Å²) in [6.07, 6.45) is 1.84. The van der Waals surface area contributed by atoms with E-state index < -0.39 is 16.5 Å². The van der Waals surface area contributed by atoms with Gasteiger partial charge in [0.15, 0.2) is 0 Å². The van der Waals surface area contributed by atoms with Gasteiger partial charge in [-0.05, 0) is 0 Å². The second-order valence-corrected chi connectivity index (χ2v) is 3.68. The Hall–Kier alpha value is -2.45. The number of nitrogens with two attached hydrogens (primary N) is 1. The summed E-state index contributed by atoms with van der Waals surface area (Å²) in [5.74, 6) is -0.943. The fourth-order valence-corrected chi connectivity index (χ4v) is 1.62. The molecule has 0 saturated carbocycles. The average molecular weight is 239 g/mol. The zero-order chi connectivity index (χ0) is 12.6. The standard InChI is InChI=1S/C8H9N5O4/c9-8(15)7-6(13(16)17)3-12(10-7)5-1-11(2-5)4-14/h3-5H,1-2H2,(H2,9,15). The number of aromatic nitrogens is 2. The maximum absolute atomic E-state index is 11.0. The Morgan fingerprint density at radius 1 is 1.65 bits per heavy atom. The first-order valence-corrected chi connectivity index (χ1v) is 4.75. The van der Waals surface area contributed by atoms with Gasteiger partial charge in [0, 0.05) is 13.1 Å². The molecule has 0 atom stereocenters. The van der Waals surface area contributed by atoms with Crippen molar-refractivity contribution < 1.29 is 14.5 Å². The highest BCUT2D eigenvalue weighted by Gasteiger charge is 2.32. The molecule has 0 radical (unpaired) electrons. The van der Waals surface area contributed by atoms with Gasteiger partial charge in [0.1, 0.15) is 6.20 Å². The summed E-state index contributed by atoms with van der Waals surface area (Å²) in [6.45, 7) is 0.834. The topological polar surface area (TPSA) is 124 Å². The Balaban J connectivity index is 2.26. The first-order valence-electron chi connectivity index (χ1n) is 4.75. The molecule has 9 heteroatoms. The van der Waals surface area contributed by atoms with Gasteiger partial charge in [0.05, 0.1) is 11.0 Å². The Labute approximate surface area is 94.9 Å². The Morgan fingerprint density at radius 2 is 2.29 bits per heavy atom. The van der Waals surface area contributed by atoms with E-state index in [1.165, 1.54) is 9.58 Å². The maximum Gasteiger partial charge on any atom is 0.320 e. The number of nitro groups is 1. The van der Waals surface area contributed by atoms with E-state index in [1.54, 1.807) is 0 Å². The molecule has 0 unspecified atom stereocenters. The normalized spacial score (nSPS) is 15.4. The first kappa shape index (κ1) is 11.0. The summed E-state index contributed by atoms with van der Waals surface area (Å²) in [5, 5.41) is 14.4. The number of carbonyl (C=O) groups is 2. The van der Waals surface area contributed by atoms with Crippen molar-refractivity contribution in [2.75, 3.05) is 13.1 Å². The van der Waals surface area contributed by atoms with Crippen LogP contribution in [0.15, 0.2) is 6.20 Å². The van der Waals surface area contributed by atoms with Crippen molar-refractivity contribution in [3.8, 4) is 0 Å². The lowest BCUT2D eigenvalue weighted by atomic mass is 10.1. The van der Waals surface area contributed by atoms with Crippen LogP contribution in [0.5, 0.6) is 0 Å². The Morgan fingerprint density at radius 3 is 2.71 bits per heavy atom. The number of nitrogens with zero attached hydrogens (tertiary/aromatic N) is 4. The van der Waals surface area contributed by atoms with Gasteiger partial charge >= 0.3 is 5.69 Å². The molecular weight excluding hydrogens is 230 g/mol. The molecule has 17 heavy (non-hydrogen) atoms. The third kappa shape index (κ3) is 1.82. The van der Waals surface area contributed by atoms with Crippen LogP contribution in [0.2, 0.25) is 0 Å². The minimum atomic E-state index is -0.943. The largest absolute Gasteiger partial charge is 0.364 e. The first-order chi connectivity index (χ1) is 8.02. The molecule has 2 amide bonds. The van der Waals surface area contributed by atoms with Crippen LogP contribution in [0.1, 0.15) is 16.5 Å². The maximum atomic E-state index is 11.0.